The largest absolute Gasteiger partial charge is 0.362 e. The van der Waals surface area contributed by atoms with Crippen LogP contribution in [0.1, 0.15) is 42.8 Å². The van der Waals surface area contributed by atoms with Crippen molar-refractivity contribution in [3.63, 3.8) is 0 Å². The van der Waals surface area contributed by atoms with Crippen LogP contribution in [0.2, 0.25) is 0 Å². The van der Waals surface area contributed by atoms with E-state index in [1.165, 1.54) is 43.0 Å². The van der Waals surface area contributed by atoms with Gasteiger partial charge in [0.25, 0.3) is 0 Å². The van der Waals surface area contributed by atoms with E-state index in [4.69, 9.17) is 24.9 Å². The minimum absolute atomic E-state index is 0.184. The van der Waals surface area contributed by atoms with E-state index in [0.717, 1.165) is 0 Å². The standard InChI is InChI=1S/C43H31F3N14/c1-21-12-25(14-27(45)13-21)35-28(15-24-6-4-7-29(46)36(24)59-35)22(2)54-42-39-43(52-19-51-42)60(20-53-39)33-9-5-8-31(56-33)37-34(57-30-11-10-26(44)16-32(30)58-37)23(3)55-41-38-40(48-17-47-38)49-18-50-41/h4-20,22-23H,1-3H3,(H,51,52,54)(H2,47,48,49,50,55). The Labute approximate surface area is 338 Å². The minimum atomic E-state index is -0.475. The molecule has 10 aromatic rings. The summed E-state index contributed by atoms with van der Waals surface area (Å²) in [5.74, 6) is 0.0731. The second kappa shape index (κ2) is 14.5. The van der Waals surface area contributed by atoms with E-state index < -0.39 is 29.5 Å². The fraction of sp³-hybridized carbons (Fsp3) is 0.116. The van der Waals surface area contributed by atoms with Crippen LogP contribution in [-0.4, -0.2) is 59.4 Å². The Hall–Kier alpha value is -7.95. The van der Waals surface area contributed by atoms with Gasteiger partial charge >= 0.3 is 0 Å². The first-order valence-electron chi connectivity index (χ1n) is 18.8. The first kappa shape index (κ1) is 36.4. The van der Waals surface area contributed by atoms with Gasteiger partial charge in [-0.25, -0.2) is 63.0 Å². The maximum absolute atomic E-state index is 15.0. The van der Waals surface area contributed by atoms with E-state index >= 15 is 0 Å². The van der Waals surface area contributed by atoms with Crippen LogP contribution in [0, 0.1) is 24.4 Å². The molecule has 0 radical (unpaired) electrons. The number of aryl methyl sites for hydroxylation is 1. The summed E-state index contributed by atoms with van der Waals surface area (Å²) in [6.07, 6.45) is 5.98. The van der Waals surface area contributed by atoms with Gasteiger partial charge in [0.2, 0.25) is 0 Å². The van der Waals surface area contributed by atoms with Crippen molar-refractivity contribution in [1.82, 2.24) is 59.4 Å². The average Bonchev–Trinajstić information content (AvgIpc) is 3.92. The molecule has 0 fully saturated rings. The van der Waals surface area contributed by atoms with Crippen LogP contribution < -0.4 is 10.6 Å². The smallest absolute Gasteiger partial charge is 0.182 e. The van der Waals surface area contributed by atoms with Gasteiger partial charge in [-0.3, -0.25) is 4.57 Å². The number of anilines is 2. The van der Waals surface area contributed by atoms with Crippen molar-refractivity contribution in [3.8, 4) is 28.5 Å². The highest BCUT2D eigenvalue weighted by molar-refractivity contribution is 5.87. The number of aromatic nitrogens is 12. The highest BCUT2D eigenvalue weighted by atomic mass is 19.1. The van der Waals surface area contributed by atoms with Gasteiger partial charge in [-0.1, -0.05) is 18.2 Å². The summed E-state index contributed by atoms with van der Waals surface area (Å²) in [5.41, 5.74) is 6.88. The molecule has 7 heterocycles. The molecule has 0 aliphatic carbocycles. The van der Waals surface area contributed by atoms with Gasteiger partial charge in [0, 0.05) is 22.6 Å². The number of hydrogen-bond donors (Lipinski definition) is 3. The van der Waals surface area contributed by atoms with Gasteiger partial charge in [0.1, 0.15) is 59.0 Å². The molecule has 2 atom stereocenters. The molecule has 0 aliphatic rings. The number of para-hydroxylation sites is 1. The summed E-state index contributed by atoms with van der Waals surface area (Å²) in [5, 5.41) is 7.44. The lowest BCUT2D eigenvalue weighted by molar-refractivity contribution is 0.627. The molecular formula is C43H31F3N14. The van der Waals surface area contributed by atoms with Crippen molar-refractivity contribution >= 4 is 55.9 Å². The second-order valence-electron chi connectivity index (χ2n) is 14.3. The maximum atomic E-state index is 15.0. The molecule has 0 amide bonds. The average molecular weight is 801 g/mol. The number of H-pyrrole nitrogens is 1. The molecular weight excluding hydrogens is 770 g/mol. The predicted molar refractivity (Wildman–Crippen MR) is 221 cm³/mol. The molecule has 0 aliphatic heterocycles. The number of nitrogens with one attached hydrogen (secondary N) is 3. The van der Waals surface area contributed by atoms with Crippen molar-refractivity contribution in [2.75, 3.05) is 10.6 Å². The van der Waals surface area contributed by atoms with E-state index in [-0.39, 0.29) is 5.52 Å². The normalized spacial score (nSPS) is 12.7. The summed E-state index contributed by atoms with van der Waals surface area (Å²) in [7, 11) is 0. The number of nitrogens with zero attached hydrogens (tertiary/aromatic N) is 11. The van der Waals surface area contributed by atoms with Crippen LogP contribution in [-0.2, 0) is 0 Å². The van der Waals surface area contributed by atoms with Crippen LogP contribution >= 0.6 is 0 Å². The molecule has 17 heteroatoms. The van der Waals surface area contributed by atoms with Crippen molar-refractivity contribution in [1.29, 1.82) is 0 Å². The number of pyridine rings is 2. The molecule has 0 bridgehead atoms. The highest BCUT2D eigenvalue weighted by Gasteiger charge is 2.23. The Morgan fingerprint density at radius 2 is 1.50 bits per heavy atom. The quantitative estimate of drug-likeness (QED) is 0.127. The van der Waals surface area contributed by atoms with E-state index in [9.17, 15) is 13.2 Å². The molecule has 0 saturated heterocycles. The zero-order valence-corrected chi connectivity index (χ0v) is 32.0. The Bertz CT molecular complexity index is 3270. The van der Waals surface area contributed by atoms with Gasteiger partial charge < -0.3 is 15.6 Å². The van der Waals surface area contributed by atoms with Gasteiger partial charge in [-0.15, -0.1) is 0 Å². The lowest BCUT2D eigenvalue weighted by Gasteiger charge is -2.20. The molecule has 7 aromatic heterocycles. The number of aromatic amines is 1. The third-order valence-corrected chi connectivity index (χ3v) is 10.2. The topological polar surface area (TPSA) is 174 Å². The second-order valence-corrected chi connectivity index (χ2v) is 14.3. The summed E-state index contributed by atoms with van der Waals surface area (Å²) in [6, 6.07) is 20.0. The molecule has 14 nitrogen and oxygen atoms in total. The Morgan fingerprint density at radius 3 is 2.38 bits per heavy atom. The van der Waals surface area contributed by atoms with E-state index in [1.807, 2.05) is 32.0 Å². The van der Waals surface area contributed by atoms with E-state index in [2.05, 4.69) is 40.5 Å². The van der Waals surface area contributed by atoms with Gasteiger partial charge in [-0.05, 0) is 80.9 Å². The van der Waals surface area contributed by atoms with Crippen molar-refractivity contribution in [3.05, 3.63) is 138 Å². The minimum Gasteiger partial charge on any atom is -0.362 e. The summed E-state index contributed by atoms with van der Waals surface area (Å²) in [4.78, 5) is 49.2. The van der Waals surface area contributed by atoms with E-state index in [1.54, 1.807) is 54.5 Å². The summed E-state index contributed by atoms with van der Waals surface area (Å²) >= 11 is 0. The fourth-order valence-corrected chi connectivity index (χ4v) is 7.37. The maximum Gasteiger partial charge on any atom is 0.182 e. The predicted octanol–water partition coefficient (Wildman–Crippen LogP) is 8.77. The lowest BCUT2D eigenvalue weighted by Crippen LogP contribution is -2.13. The van der Waals surface area contributed by atoms with Crippen LogP contribution in [0.25, 0.3) is 72.7 Å². The van der Waals surface area contributed by atoms with Crippen molar-refractivity contribution in [2.45, 2.75) is 32.9 Å². The van der Waals surface area contributed by atoms with Crippen molar-refractivity contribution in [2.24, 2.45) is 0 Å². The van der Waals surface area contributed by atoms with E-state index in [0.29, 0.717) is 95.7 Å². The van der Waals surface area contributed by atoms with Gasteiger partial charge in [0.15, 0.2) is 28.4 Å². The van der Waals surface area contributed by atoms with Crippen LogP contribution in [0.3, 0.4) is 0 Å². The number of benzene rings is 3. The molecule has 60 heavy (non-hydrogen) atoms. The monoisotopic (exact) mass is 800 g/mol. The molecule has 10 rings (SSSR count). The molecule has 294 valence electrons. The number of rotatable bonds is 9. The number of halogens is 3. The third kappa shape index (κ3) is 6.51. The number of hydrogen-bond acceptors (Lipinski definition) is 12. The van der Waals surface area contributed by atoms with Crippen LogP contribution in [0.15, 0.2) is 104 Å². The van der Waals surface area contributed by atoms with Crippen molar-refractivity contribution < 1.29 is 13.2 Å². The zero-order chi connectivity index (χ0) is 41.1. The Balaban J connectivity index is 1.02. The molecule has 0 spiro atoms. The summed E-state index contributed by atoms with van der Waals surface area (Å²) in [6.45, 7) is 5.63. The molecule has 2 unspecified atom stereocenters. The number of fused-ring (bicyclic) bond motifs is 4. The molecule has 3 N–H and O–H groups in total. The molecule has 3 aromatic carbocycles. The van der Waals surface area contributed by atoms with Crippen LogP contribution in [0.5, 0.6) is 0 Å². The van der Waals surface area contributed by atoms with Gasteiger partial charge in [0.05, 0.1) is 46.5 Å². The Kier molecular flexibility index (Phi) is 8.77. The third-order valence-electron chi connectivity index (χ3n) is 10.2. The van der Waals surface area contributed by atoms with Gasteiger partial charge in [-0.2, -0.15) is 0 Å². The Morgan fingerprint density at radius 1 is 0.667 bits per heavy atom. The zero-order valence-electron chi connectivity index (χ0n) is 32.0. The SMILES string of the molecule is Cc1cc(F)cc(-c2nc3c(F)cccc3cc2C(C)Nc2ncnc3c2ncn3-c2cccc(-c3nc4cc(F)ccc4nc3C(C)Nc3ncnc4nc[nH]c34)n2)c1. The first-order valence-corrected chi connectivity index (χ1v) is 18.8. The highest BCUT2D eigenvalue weighted by Crippen LogP contribution is 2.35. The fourth-order valence-electron chi connectivity index (χ4n) is 7.37. The lowest BCUT2D eigenvalue weighted by atomic mass is 9.97. The van der Waals surface area contributed by atoms with Crippen LogP contribution in [0.4, 0.5) is 24.8 Å². The number of imidazole rings is 2. The summed E-state index contributed by atoms with van der Waals surface area (Å²) < 4.78 is 45.9. The molecule has 0 saturated carbocycles. The first-order chi connectivity index (χ1) is 29.2.